The number of aromatic nitrogens is 4. The van der Waals surface area contributed by atoms with Gasteiger partial charge in [-0.1, -0.05) is 6.92 Å². The van der Waals surface area contributed by atoms with E-state index in [1.807, 2.05) is 6.92 Å². The van der Waals surface area contributed by atoms with E-state index in [4.69, 9.17) is 5.73 Å². The lowest BCUT2D eigenvalue weighted by Crippen LogP contribution is -2.15. The SMILES string of the molecule is CCc1nc(-n2ccnc2CCN)cc(=O)[nH]1. The molecular weight excluding hydrogens is 218 g/mol. The maximum atomic E-state index is 11.5. The summed E-state index contributed by atoms with van der Waals surface area (Å²) in [5.41, 5.74) is 5.36. The first-order chi connectivity index (χ1) is 8.24. The van der Waals surface area contributed by atoms with Crippen molar-refractivity contribution in [2.45, 2.75) is 19.8 Å². The van der Waals surface area contributed by atoms with Gasteiger partial charge >= 0.3 is 0 Å². The fourth-order valence-corrected chi connectivity index (χ4v) is 1.64. The molecule has 0 spiro atoms. The molecule has 0 fully saturated rings. The molecule has 2 aromatic heterocycles. The Hall–Kier alpha value is -1.95. The van der Waals surface area contributed by atoms with Gasteiger partial charge in [0.05, 0.1) is 0 Å². The molecule has 3 N–H and O–H groups in total. The molecule has 2 rings (SSSR count). The number of nitrogens with zero attached hydrogens (tertiary/aromatic N) is 3. The van der Waals surface area contributed by atoms with E-state index in [9.17, 15) is 4.79 Å². The van der Waals surface area contributed by atoms with Gasteiger partial charge in [-0.3, -0.25) is 9.36 Å². The lowest BCUT2D eigenvalue weighted by atomic mass is 10.4. The second-order valence-electron chi connectivity index (χ2n) is 3.66. The molecule has 2 heterocycles. The van der Waals surface area contributed by atoms with E-state index in [0.29, 0.717) is 31.0 Å². The van der Waals surface area contributed by atoms with Gasteiger partial charge in [-0.15, -0.1) is 0 Å². The Morgan fingerprint density at radius 3 is 3.06 bits per heavy atom. The summed E-state index contributed by atoms with van der Waals surface area (Å²) in [7, 11) is 0. The van der Waals surface area contributed by atoms with Crippen molar-refractivity contribution in [3.63, 3.8) is 0 Å². The lowest BCUT2D eigenvalue weighted by molar-refractivity contribution is 0.802. The normalized spacial score (nSPS) is 10.7. The molecule has 0 aliphatic rings. The summed E-state index contributed by atoms with van der Waals surface area (Å²) < 4.78 is 1.79. The Labute approximate surface area is 98.5 Å². The fraction of sp³-hybridized carbons (Fsp3) is 0.364. The first-order valence-electron chi connectivity index (χ1n) is 5.57. The first kappa shape index (κ1) is 11.5. The van der Waals surface area contributed by atoms with Gasteiger partial charge in [-0.25, -0.2) is 9.97 Å². The van der Waals surface area contributed by atoms with Crippen molar-refractivity contribution in [2.75, 3.05) is 6.54 Å². The summed E-state index contributed by atoms with van der Waals surface area (Å²) in [6.07, 6.45) is 4.80. The Morgan fingerprint density at radius 2 is 2.35 bits per heavy atom. The van der Waals surface area contributed by atoms with Crippen LogP contribution in [0.4, 0.5) is 0 Å². The molecule has 0 amide bonds. The van der Waals surface area contributed by atoms with Crippen LogP contribution in [0.2, 0.25) is 0 Å². The zero-order chi connectivity index (χ0) is 12.3. The summed E-state index contributed by atoms with van der Waals surface area (Å²) in [5.74, 6) is 2.07. The quantitative estimate of drug-likeness (QED) is 0.779. The average molecular weight is 233 g/mol. The second kappa shape index (κ2) is 4.92. The van der Waals surface area contributed by atoms with Crippen LogP contribution in [-0.4, -0.2) is 26.1 Å². The van der Waals surface area contributed by atoms with Crippen LogP contribution in [-0.2, 0) is 12.8 Å². The van der Waals surface area contributed by atoms with Gasteiger partial charge in [0.1, 0.15) is 17.5 Å². The molecular formula is C11H15N5O. The number of imidazole rings is 1. The minimum atomic E-state index is -0.153. The number of nitrogens with two attached hydrogens (primary N) is 1. The van der Waals surface area contributed by atoms with Crippen molar-refractivity contribution in [3.8, 4) is 5.82 Å². The number of hydrogen-bond acceptors (Lipinski definition) is 4. The maximum absolute atomic E-state index is 11.5. The van der Waals surface area contributed by atoms with Gasteiger partial charge in [-0.05, 0) is 6.54 Å². The topological polar surface area (TPSA) is 89.6 Å². The Bertz CT molecular complexity index is 557. The number of H-pyrrole nitrogens is 1. The molecule has 17 heavy (non-hydrogen) atoms. The lowest BCUT2D eigenvalue weighted by Gasteiger charge is -2.06. The molecule has 2 aromatic rings. The van der Waals surface area contributed by atoms with Gasteiger partial charge in [0.15, 0.2) is 0 Å². The van der Waals surface area contributed by atoms with E-state index < -0.39 is 0 Å². The molecule has 6 heteroatoms. The molecule has 0 atom stereocenters. The van der Waals surface area contributed by atoms with Crippen LogP contribution in [0, 0.1) is 0 Å². The van der Waals surface area contributed by atoms with Crippen LogP contribution < -0.4 is 11.3 Å². The zero-order valence-corrected chi connectivity index (χ0v) is 9.68. The van der Waals surface area contributed by atoms with E-state index in [2.05, 4.69) is 15.0 Å². The van der Waals surface area contributed by atoms with Crippen molar-refractivity contribution in [3.05, 3.63) is 40.5 Å². The molecule has 0 aliphatic heterocycles. The molecule has 0 bridgehead atoms. The van der Waals surface area contributed by atoms with Crippen molar-refractivity contribution in [1.82, 2.24) is 19.5 Å². The highest BCUT2D eigenvalue weighted by Crippen LogP contribution is 2.06. The second-order valence-corrected chi connectivity index (χ2v) is 3.66. The number of rotatable bonds is 4. The van der Waals surface area contributed by atoms with E-state index >= 15 is 0 Å². The Morgan fingerprint density at radius 1 is 1.53 bits per heavy atom. The van der Waals surface area contributed by atoms with Gasteiger partial charge < -0.3 is 10.7 Å². The van der Waals surface area contributed by atoms with Gasteiger partial charge in [0, 0.05) is 31.3 Å². The molecule has 0 unspecified atom stereocenters. The summed E-state index contributed by atoms with van der Waals surface area (Å²) in [6.45, 7) is 2.46. The third kappa shape index (κ3) is 2.42. The van der Waals surface area contributed by atoms with Crippen LogP contribution >= 0.6 is 0 Å². The number of aromatic amines is 1. The molecule has 0 aromatic carbocycles. The molecule has 6 nitrogen and oxygen atoms in total. The summed E-state index contributed by atoms with van der Waals surface area (Å²) in [4.78, 5) is 22.7. The van der Waals surface area contributed by atoms with Crippen molar-refractivity contribution in [1.29, 1.82) is 0 Å². The van der Waals surface area contributed by atoms with Gasteiger partial charge in [-0.2, -0.15) is 0 Å². The number of nitrogens with one attached hydrogen (secondary N) is 1. The summed E-state index contributed by atoms with van der Waals surface area (Å²) >= 11 is 0. The highest BCUT2D eigenvalue weighted by Gasteiger charge is 2.07. The molecule has 0 saturated carbocycles. The largest absolute Gasteiger partial charge is 0.330 e. The van der Waals surface area contributed by atoms with E-state index in [1.165, 1.54) is 6.07 Å². The number of hydrogen-bond donors (Lipinski definition) is 2. The first-order valence-corrected chi connectivity index (χ1v) is 5.57. The minimum Gasteiger partial charge on any atom is -0.330 e. The van der Waals surface area contributed by atoms with Gasteiger partial charge in [0.2, 0.25) is 0 Å². The summed E-state index contributed by atoms with van der Waals surface area (Å²) in [6, 6.07) is 1.46. The fourth-order valence-electron chi connectivity index (χ4n) is 1.64. The zero-order valence-electron chi connectivity index (χ0n) is 9.68. The van der Waals surface area contributed by atoms with Gasteiger partial charge in [0.25, 0.3) is 5.56 Å². The van der Waals surface area contributed by atoms with Crippen molar-refractivity contribution < 1.29 is 0 Å². The molecule has 90 valence electrons. The van der Waals surface area contributed by atoms with Crippen LogP contribution in [0.5, 0.6) is 0 Å². The van der Waals surface area contributed by atoms with Crippen LogP contribution in [0.1, 0.15) is 18.6 Å². The van der Waals surface area contributed by atoms with E-state index in [1.54, 1.807) is 17.0 Å². The molecule has 0 aliphatic carbocycles. The van der Waals surface area contributed by atoms with Crippen molar-refractivity contribution in [2.24, 2.45) is 5.73 Å². The monoisotopic (exact) mass is 233 g/mol. The Kier molecular flexibility index (Phi) is 3.34. The predicted molar refractivity (Wildman–Crippen MR) is 64.1 cm³/mol. The minimum absolute atomic E-state index is 0.153. The van der Waals surface area contributed by atoms with E-state index in [-0.39, 0.29) is 5.56 Å². The molecule has 0 radical (unpaired) electrons. The highest BCUT2D eigenvalue weighted by molar-refractivity contribution is 5.23. The third-order valence-electron chi connectivity index (χ3n) is 2.44. The van der Waals surface area contributed by atoms with Crippen molar-refractivity contribution >= 4 is 0 Å². The standard InChI is InChI=1S/C11H15N5O/c1-2-8-14-10(7-11(17)15-8)16-6-5-13-9(16)3-4-12/h5-7H,2-4,12H2,1H3,(H,14,15,17). The smallest absolute Gasteiger partial charge is 0.253 e. The van der Waals surface area contributed by atoms with Crippen LogP contribution in [0.25, 0.3) is 5.82 Å². The predicted octanol–water partition coefficient (Wildman–Crippen LogP) is 0.0192. The highest BCUT2D eigenvalue weighted by atomic mass is 16.1. The maximum Gasteiger partial charge on any atom is 0.253 e. The van der Waals surface area contributed by atoms with Crippen LogP contribution in [0.3, 0.4) is 0 Å². The van der Waals surface area contributed by atoms with E-state index in [0.717, 1.165) is 5.82 Å². The average Bonchev–Trinajstić information content (AvgIpc) is 2.77. The summed E-state index contributed by atoms with van der Waals surface area (Å²) in [5, 5.41) is 0. The number of aryl methyl sites for hydroxylation is 1. The molecule has 0 saturated heterocycles. The Balaban J connectivity index is 2.48. The third-order valence-corrected chi connectivity index (χ3v) is 2.44. The van der Waals surface area contributed by atoms with Crippen LogP contribution in [0.15, 0.2) is 23.3 Å².